The Hall–Kier alpha value is -0.830. The summed E-state index contributed by atoms with van der Waals surface area (Å²) in [6, 6.07) is 13.4. The highest BCUT2D eigenvalue weighted by Gasteiger charge is 2.35. The van der Waals surface area contributed by atoms with E-state index < -0.39 is 0 Å². The minimum Gasteiger partial charge on any atom is -0.309 e. The lowest BCUT2D eigenvalue weighted by Crippen LogP contribution is -2.38. The highest BCUT2D eigenvalue weighted by molar-refractivity contribution is 7.16. The predicted molar refractivity (Wildman–Crippen MR) is 92.3 cm³/mol. The van der Waals surface area contributed by atoms with Gasteiger partial charge in [-0.3, -0.25) is 0 Å². The number of benzene rings is 1. The molecule has 0 saturated carbocycles. The number of hydrogen-bond acceptors (Lipinski definition) is 2. The molecule has 3 rings (SSSR count). The molecule has 0 bridgehead atoms. The van der Waals surface area contributed by atoms with Gasteiger partial charge in [0.05, 0.1) is 4.34 Å². The number of rotatable bonds is 4. The van der Waals surface area contributed by atoms with Crippen molar-refractivity contribution >= 4 is 22.9 Å². The molecule has 1 N–H and O–H groups in total. The van der Waals surface area contributed by atoms with Crippen molar-refractivity contribution in [3.8, 4) is 0 Å². The highest BCUT2D eigenvalue weighted by Crippen LogP contribution is 2.43. The quantitative estimate of drug-likeness (QED) is 0.811. The van der Waals surface area contributed by atoms with Crippen LogP contribution >= 0.6 is 22.9 Å². The minimum absolute atomic E-state index is 0.307. The van der Waals surface area contributed by atoms with Crippen LogP contribution in [0.25, 0.3) is 0 Å². The van der Waals surface area contributed by atoms with Crippen LogP contribution in [0.3, 0.4) is 0 Å². The normalized spacial score (nSPS) is 20.2. The molecular weight excluding hydrogens is 298 g/mol. The Morgan fingerprint density at radius 3 is 2.81 bits per heavy atom. The molecule has 3 heteroatoms. The molecule has 2 aromatic rings. The smallest absolute Gasteiger partial charge is 0.0931 e. The largest absolute Gasteiger partial charge is 0.309 e. The van der Waals surface area contributed by atoms with E-state index in [4.69, 9.17) is 11.6 Å². The average molecular weight is 320 g/mol. The van der Waals surface area contributed by atoms with E-state index in [1.54, 1.807) is 11.3 Å². The predicted octanol–water partition coefficient (Wildman–Crippen LogP) is 5.25. The first kappa shape index (κ1) is 15.1. The molecule has 112 valence electrons. The van der Waals surface area contributed by atoms with Crippen LogP contribution in [0, 0.1) is 5.41 Å². The average Bonchev–Trinajstić information content (AvgIpc) is 2.87. The summed E-state index contributed by atoms with van der Waals surface area (Å²) in [5.41, 5.74) is 3.30. The number of fused-ring (bicyclic) bond motifs is 1. The van der Waals surface area contributed by atoms with Crippen molar-refractivity contribution in [1.29, 1.82) is 0 Å². The van der Waals surface area contributed by atoms with E-state index >= 15 is 0 Å². The maximum atomic E-state index is 6.00. The molecule has 0 amide bonds. The molecule has 1 heterocycles. The first-order valence-corrected chi connectivity index (χ1v) is 8.81. The SMILES string of the molecule is CC1(C)CCc2ccccc2C1NCCc1ccc(Cl)s1. The fourth-order valence-electron chi connectivity index (χ4n) is 3.28. The lowest BCUT2D eigenvalue weighted by atomic mass is 9.70. The van der Waals surface area contributed by atoms with Gasteiger partial charge in [-0.05, 0) is 47.9 Å². The van der Waals surface area contributed by atoms with Crippen molar-refractivity contribution in [2.75, 3.05) is 6.54 Å². The van der Waals surface area contributed by atoms with Crippen molar-refractivity contribution in [2.45, 2.75) is 39.2 Å². The van der Waals surface area contributed by atoms with Gasteiger partial charge in [-0.2, -0.15) is 0 Å². The fourth-order valence-corrected chi connectivity index (χ4v) is 4.36. The summed E-state index contributed by atoms with van der Waals surface area (Å²) < 4.78 is 0.883. The summed E-state index contributed by atoms with van der Waals surface area (Å²) in [5.74, 6) is 0. The number of halogens is 1. The van der Waals surface area contributed by atoms with E-state index in [2.05, 4.69) is 49.5 Å². The highest BCUT2D eigenvalue weighted by atomic mass is 35.5. The Labute approximate surface area is 136 Å². The van der Waals surface area contributed by atoms with E-state index in [0.29, 0.717) is 11.5 Å². The second-order valence-electron chi connectivity index (χ2n) is 6.53. The molecule has 1 atom stereocenters. The molecule has 1 aromatic heterocycles. The second kappa shape index (κ2) is 6.12. The lowest BCUT2D eigenvalue weighted by Gasteiger charge is -2.40. The van der Waals surface area contributed by atoms with Crippen LogP contribution in [0.2, 0.25) is 4.34 Å². The third-order valence-corrected chi connectivity index (χ3v) is 5.83. The fraction of sp³-hybridized carbons (Fsp3) is 0.444. The van der Waals surface area contributed by atoms with Crippen LogP contribution in [-0.4, -0.2) is 6.54 Å². The zero-order chi connectivity index (χ0) is 14.9. The maximum absolute atomic E-state index is 6.00. The van der Waals surface area contributed by atoms with Crippen LogP contribution in [0.1, 0.15) is 42.3 Å². The molecule has 1 unspecified atom stereocenters. The van der Waals surface area contributed by atoms with Gasteiger partial charge in [-0.15, -0.1) is 11.3 Å². The van der Waals surface area contributed by atoms with Crippen LogP contribution < -0.4 is 5.32 Å². The van der Waals surface area contributed by atoms with Crippen molar-refractivity contribution in [2.24, 2.45) is 5.41 Å². The number of nitrogens with one attached hydrogen (secondary N) is 1. The summed E-state index contributed by atoms with van der Waals surface area (Å²) >= 11 is 7.68. The van der Waals surface area contributed by atoms with Gasteiger partial charge < -0.3 is 5.32 Å². The van der Waals surface area contributed by atoms with Crippen molar-refractivity contribution in [3.05, 3.63) is 56.7 Å². The van der Waals surface area contributed by atoms with Crippen LogP contribution in [0.5, 0.6) is 0 Å². The third kappa shape index (κ3) is 3.33. The van der Waals surface area contributed by atoms with Gasteiger partial charge in [0.2, 0.25) is 0 Å². The number of hydrogen-bond donors (Lipinski definition) is 1. The summed E-state index contributed by atoms with van der Waals surface area (Å²) in [6.07, 6.45) is 3.49. The standard InChI is InChI=1S/C18H22ClNS/c1-18(2)11-9-13-5-3-4-6-15(13)17(18)20-12-10-14-7-8-16(19)21-14/h3-8,17,20H,9-12H2,1-2H3. The summed E-state index contributed by atoms with van der Waals surface area (Å²) in [4.78, 5) is 1.36. The molecule has 21 heavy (non-hydrogen) atoms. The maximum Gasteiger partial charge on any atom is 0.0931 e. The molecule has 1 nitrogen and oxygen atoms in total. The molecule has 0 saturated heterocycles. The zero-order valence-electron chi connectivity index (χ0n) is 12.7. The van der Waals surface area contributed by atoms with Gasteiger partial charge in [0.15, 0.2) is 0 Å². The minimum atomic E-state index is 0.307. The Kier molecular flexibility index (Phi) is 4.39. The van der Waals surface area contributed by atoms with E-state index in [1.165, 1.54) is 28.8 Å². The van der Waals surface area contributed by atoms with Gasteiger partial charge >= 0.3 is 0 Å². The van der Waals surface area contributed by atoms with E-state index in [9.17, 15) is 0 Å². The van der Waals surface area contributed by atoms with E-state index in [-0.39, 0.29) is 0 Å². The Bertz CT molecular complexity index is 617. The number of aryl methyl sites for hydroxylation is 1. The first-order valence-electron chi connectivity index (χ1n) is 7.62. The topological polar surface area (TPSA) is 12.0 Å². The van der Waals surface area contributed by atoms with Crippen LogP contribution in [-0.2, 0) is 12.8 Å². The summed E-state index contributed by atoms with van der Waals surface area (Å²) in [5, 5.41) is 3.79. The summed E-state index contributed by atoms with van der Waals surface area (Å²) in [7, 11) is 0. The molecule has 0 radical (unpaired) electrons. The monoisotopic (exact) mass is 319 g/mol. The molecule has 1 aliphatic rings. The molecular formula is C18H22ClNS. The first-order chi connectivity index (χ1) is 10.1. The van der Waals surface area contributed by atoms with Gasteiger partial charge in [0.1, 0.15) is 0 Å². The van der Waals surface area contributed by atoms with Gasteiger partial charge in [-0.25, -0.2) is 0 Å². The van der Waals surface area contributed by atoms with Gasteiger partial charge in [-0.1, -0.05) is 49.7 Å². The van der Waals surface area contributed by atoms with Crippen molar-refractivity contribution < 1.29 is 0 Å². The van der Waals surface area contributed by atoms with Crippen LogP contribution in [0.15, 0.2) is 36.4 Å². The van der Waals surface area contributed by atoms with Crippen LogP contribution in [0.4, 0.5) is 0 Å². The van der Waals surface area contributed by atoms with E-state index in [0.717, 1.165) is 17.3 Å². The third-order valence-electron chi connectivity index (χ3n) is 4.53. The lowest BCUT2D eigenvalue weighted by molar-refractivity contribution is 0.210. The molecule has 0 spiro atoms. The summed E-state index contributed by atoms with van der Waals surface area (Å²) in [6.45, 7) is 5.75. The Morgan fingerprint density at radius 2 is 2.05 bits per heavy atom. The van der Waals surface area contributed by atoms with Gasteiger partial charge in [0.25, 0.3) is 0 Å². The second-order valence-corrected chi connectivity index (χ2v) is 8.33. The van der Waals surface area contributed by atoms with Crippen molar-refractivity contribution in [1.82, 2.24) is 5.32 Å². The Morgan fingerprint density at radius 1 is 1.24 bits per heavy atom. The van der Waals surface area contributed by atoms with E-state index in [1.807, 2.05) is 6.07 Å². The number of thiophene rings is 1. The van der Waals surface area contributed by atoms with Crippen molar-refractivity contribution in [3.63, 3.8) is 0 Å². The molecule has 0 fully saturated rings. The molecule has 1 aromatic carbocycles. The Balaban J connectivity index is 1.70. The molecule has 0 aliphatic heterocycles. The molecule has 1 aliphatic carbocycles. The van der Waals surface area contributed by atoms with Gasteiger partial charge in [0, 0.05) is 17.5 Å². The zero-order valence-corrected chi connectivity index (χ0v) is 14.2.